The fourth-order valence-corrected chi connectivity index (χ4v) is 8.76. The number of benzene rings is 2. The van der Waals surface area contributed by atoms with Gasteiger partial charge in [0.2, 0.25) is 5.91 Å². The average molecular weight is 607 g/mol. The number of hydrogen-bond donors (Lipinski definition) is 4. The normalized spacial score (nSPS) is 35.2. The van der Waals surface area contributed by atoms with Crippen molar-refractivity contribution in [3.05, 3.63) is 53.1 Å². The third kappa shape index (κ3) is 4.57. The van der Waals surface area contributed by atoms with Gasteiger partial charge in [-0.25, -0.2) is 4.79 Å². The van der Waals surface area contributed by atoms with Crippen LogP contribution in [0, 0.1) is 28.6 Å². The van der Waals surface area contributed by atoms with Gasteiger partial charge < -0.3 is 25.4 Å². The molecule has 1 heterocycles. The van der Waals surface area contributed by atoms with Crippen LogP contribution in [0.15, 0.2) is 36.4 Å². The number of carboxylic acid groups (broad SMARTS) is 1. The summed E-state index contributed by atoms with van der Waals surface area (Å²) in [6.07, 6.45) is 2.23. The highest BCUT2D eigenvalue weighted by Gasteiger charge is 2.78. The number of hydroxylamine groups is 2. The lowest BCUT2D eigenvalue weighted by Crippen LogP contribution is -2.62. The van der Waals surface area contributed by atoms with Crippen LogP contribution < -0.4 is 10.1 Å². The van der Waals surface area contributed by atoms with Gasteiger partial charge in [0, 0.05) is 22.7 Å². The second kappa shape index (κ2) is 10.7. The van der Waals surface area contributed by atoms with Crippen LogP contribution in [0.4, 0.5) is 0 Å². The van der Waals surface area contributed by atoms with E-state index in [2.05, 4.69) is 26.1 Å². The number of aldehydes is 1. The Morgan fingerprint density at radius 1 is 1.18 bits per heavy atom. The molecule has 1 aliphatic heterocycles. The maximum atomic E-state index is 14.2. The third-order valence-corrected chi connectivity index (χ3v) is 11.5. The van der Waals surface area contributed by atoms with Gasteiger partial charge in [0.05, 0.1) is 36.8 Å². The topological polar surface area (TPSA) is 146 Å². The van der Waals surface area contributed by atoms with E-state index < -0.39 is 29.1 Å². The van der Waals surface area contributed by atoms with Gasteiger partial charge in [-0.2, -0.15) is 5.06 Å². The number of rotatable bonds is 9. The van der Waals surface area contributed by atoms with Crippen LogP contribution in [0.5, 0.6) is 5.75 Å². The summed E-state index contributed by atoms with van der Waals surface area (Å²) < 4.78 is 5.83. The predicted molar refractivity (Wildman–Crippen MR) is 161 cm³/mol. The summed E-state index contributed by atoms with van der Waals surface area (Å²) in [5.41, 5.74) is -0.0126. The number of fused-ring (bicyclic) bond motifs is 2. The second-order valence-electron chi connectivity index (χ2n) is 14.1. The van der Waals surface area contributed by atoms with Gasteiger partial charge in [-0.05, 0) is 73.1 Å². The van der Waals surface area contributed by atoms with Gasteiger partial charge in [0.15, 0.2) is 0 Å². The molecule has 1 saturated heterocycles. The molecule has 1 amide bonds. The zero-order chi connectivity index (χ0) is 31.8. The van der Waals surface area contributed by atoms with Crippen LogP contribution in [0.25, 0.3) is 11.1 Å². The molecule has 1 spiro atoms. The van der Waals surface area contributed by atoms with Crippen molar-refractivity contribution in [2.45, 2.75) is 77.3 Å². The Hall–Kier alpha value is -3.31. The highest BCUT2D eigenvalue weighted by Crippen LogP contribution is 2.66. The molecule has 5 aliphatic rings. The van der Waals surface area contributed by atoms with E-state index in [1.54, 1.807) is 30.2 Å². The average Bonchev–Trinajstić information content (AvgIpc) is 3.41. The molecule has 2 bridgehead atoms. The molecule has 4 aliphatic carbocycles. The Kier molecular flexibility index (Phi) is 7.43. The maximum absolute atomic E-state index is 14.2. The minimum absolute atomic E-state index is 0.0152. The van der Waals surface area contributed by atoms with Crippen molar-refractivity contribution >= 4 is 18.2 Å². The molecule has 10 heteroatoms. The number of hydrogen-bond acceptors (Lipinski definition) is 8. The number of nitrogens with one attached hydrogen (secondary N) is 1. The van der Waals surface area contributed by atoms with Crippen molar-refractivity contribution in [3.63, 3.8) is 0 Å². The van der Waals surface area contributed by atoms with E-state index in [1.165, 1.54) is 25.7 Å². The van der Waals surface area contributed by atoms with E-state index in [0.717, 1.165) is 6.42 Å². The van der Waals surface area contributed by atoms with Crippen LogP contribution in [0.1, 0.15) is 73.2 Å². The number of para-hydroxylation sites is 1. The summed E-state index contributed by atoms with van der Waals surface area (Å²) in [4.78, 5) is 43.8. The monoisotopic (exact) mass is 606 g/mol. The first kappa shape index (κ1) is 30.7. The van der Waals surface area contributed by atoms with E-state index in [0.29, 0.717) is 52.9 Å². The van der Waals surface area contributed by atoms with E-state index in [9.17, 15) is 29.7 Å². The van der Waals surface area contributed by atoms with Crippen molar-refractivity contribution < 1.29 is 39.3 Å². The van der Waals surface area contributed by atoms with Crippen LogP contribution in [0.3, 0.4) is 0 Å². The molecule has 2 aromatic rings. The van der Waals surface area contributed by atoms with Gasteiger partial charge in [-0.15, -0.1) is 0 Å². The number of carbonyl (C=O) groups is 3. The zero-order valence-electron chi connectivity index (χ0n) is 25.9. The van der Waals surface area contributed by atoms with Crippen molar-refractivity contribution in [1.82, 2.24) is 10.4 Å². The number of aliphatic hydroxyl groups is 2. The fraction of sp³-hybridized carbons (Fsp3) is 0.559. The summed E-state index contributed by atoms with van der Waals surface area (Å²) in [5.74, 6) is 0.455. The number of carboxylic acids is 1. The molecule has 8 atom stereocenters. The van der Waals surface area contributed by atoms with Gasteiger partial charge in [0.1, 0.15) is 24.2 Å². The first-order valence-electron chi connectivity index (χ1n) is 15.4. The van der Waals surface area contributed by atoms with Crippen LogP contribution >= 0.6 is 0 Å². The molecule has 2 aromatic carbocycles. The quantitative estimate of drug-likeness (QED) is 0.314. The molecule has 10 nitrogen and oxygen atoms in total. The molecule has 4 N–H and O–H groups in total. The minimum Gasteiger partial charge on any atom is -0.496 e. The standard InChI is InChI=1S/C34H42N2O8/c1-18-25-12-23(32(25,2)3)13-26(18)35-30(39)29-34(17-33(34,4)42)27(16-38)44-36(29)14-20-7-6-8-24(28(20)43-5)21-9-19(15-37)10-22(11-21)31(40)41/h6-11,15,18,23,25-27,29,38,42H,12-14,16-17H2,1-5H3,(H,35,39)(H,40,41)/t18-,23+,25-,26-,27-,29+,33?,34+/m0/s1. The summed E-state index contributed by atoms with van der Waals surface area (Å²) >= 11 is 0. The SMILES string of the molecule is COc1c(CN2O[C@@H](CO)[C@]3(CC3(C)O)[C@H]2C(=O)N[C@H]2C[C@H]3C[C@@H]([C@@H]2C)C3(C)C)cccc1-c1cc(C=O)cc(C(=O)O)c1. The Labute approximate surface area is 257 Å². The van der Waals surface area contributed by atoms with E-state index in [1.807, 2.05) is 6.07 Å². The van der Waals surface area contributed by atoms with Crippen LogP contribution in [0.2, 0.25) is 0 Å². The summed E-state index contributed by atoms with van der Waals surface area (Å²) in [5, 5.41) is 36.1. The number of nitrogens with zero attached hydrogens (tertiary/aromatic N) is 1. The number of methoxy groups -OCH3 is 1. The Morgan fingerprint density at radius 2 is 1.91 bits per heavy atom. The Balaban J connectivity index is 1.33. The van der Waals surface area contributed by atoms with Crippen LogP contribution in [-0.2, 0) is 16.2 Å². The van der Waals surface area contributed by atoms with Gasteiger partial charge >= 0.3 is 5.97 Å². The molecular formula is C34H42N2O8. The molecule has 0 aromatic heterocycles. The molecule has 44 heavy (non-hydrogen) atoms. The van der Waals surface area contributed by atoms with Crippen molar-refractivity contribution in [2.75, 3.05) is 13.7 Å². The first-order chi connectivity index (χ1) is 20.8. The van der Waals surface area contributed by atoms with Crippen molar-refractivity contribution in [3.8, 4) is 16.9 Å². The number of carbonyl (C=O) groups excluding carboxylic acids is 2. The minimum atomic E-state index is -1.20. The number of ether oxygens (including phenoxy) is 1. The predicted octanol–water partition coefficient (Wildman–Crippen LogP) is 3.68. The molecular weight excluding hydrogens is 564 g/mol. The lowest BCUT2D eigenvalue weighted by molar-refractivity contribution is -0.183. The van der Waals surface area contributed by atoms with Crippen molar-refractivity contribution in [2.24, 2.45) is 28.6 Å². The van der Waals surface area contributed by atoms with Gasteiger partial charge in [-0.3, -0.25) is 14.4 Å². The number of aliphatic hydroxyl groups excluding tert-OH is 1. The summed E-state index contributed by atoms with van der Waals surface area (Å²) in [7, 11) is 1.50. The van der Waals surface area contributed by atoms with E-state index in [-0.39, 0.29) is 41.6 Å². The molecule has 4 saturated carbocycles. The van der Waals surface area contributed by atoms with Crippen LogP contribution in [-0.4, -0.2) is 76.1 Å². The third-order valence-electron chi connectivity index (χ3n) is 11.5. The fourth-order valence-electron chi connectivity index (χ4n) is 8.76. The maximum Gasteiger partial charge on any atom is 0.335 e. The number of aromatic carboxylic acids is 1. The number of amides is 1. The summed E-state index contributed by atoms with van der Waals surface area (Å²) in [6.45, 7) is 8.26. The van der Waals surface area contributed by atoms with E-state index >= 15 is 0 Å². The molecule has 236 valence electrons. The highest BCUT2D eigenvalue weighted by molar-refractivity contribution is 5.93. The molecule has 7 rings (SSSR count). The molecule has 0 radical (unpaired) electrons. The van der Waals surface area contributed by atoms with Crippen molar-refractivity contribution in [1.29, 1.82) is 0 Å². The van der Waals surface area contributed by atoms with Gasteiger partial charge in [0.25, 0.3) is 0 Å². The Bertz CT molecular complexity index is 1500. The summed E-state index contributed by atoms with van der Waals surface area (Å²) in [6, 6.07) is 8.92. The van der Waals surface area contributed by atoms with E-state index in [4.69, 9.17) is 9.57 Å². The second-order valence-corrected chi connectivity index (χ2v) is 14.1. The van der Waals surface area contributed by atoms with Gasteiger partial charge in [-0.1, -0.05) is 39.0 Å². The molecule has 5 fully saturated rings. The Morgan fingerprint density at radius 3 is 2.48 bits per heavy atom. The lowest BCUT2D eigenvalue weighted by Gasteiger charge is -2.62. The smallest absolute Gasteiger partial charge is 0.335 e. The largest absolute Gasteiger partial charge is 0.496 e. The lowest BCUT2D eigenvalue weighted by atomic mass is 9.45. The molecule has 1 unspecified atom stereocenters. The highest BCUT2D eigenvalue weighted by atomic mass is 16.7. The zero-order valence-corrected chi connectivity index (χ0v) is 25.9. The first-order valence-corrected chi connectivity index (χ1v) is 15.4.